The molecular formula is C8H5ClN2OS. The summed E-state index contributed by atoms with van der Waals surface area (Å²) in [5.41, 5.74) is 1.14. The molecule has 0 spiro atoms. The molecule has 2 heterocycles. The van der Waals surface area contributed by atoms with Crippen molar-refractivity contribution in [1.29, 1.82) is 0 Å². The summed E-state index contributed by atoms with van der Waals surface area (Å²) < 4.78 is 0.690. The Morgan fingerprint density at radius 3 is 3.00 bits per heavy atom. The number of carbonyl (C=O) groups is 1. The summed E-state index contributed by atoms with van der Waals surface area (Å²) in [6.07, 6.45) is 2.24. The molecule has 2 aromatic heterocycles. The van der Waals surface area contributed by atoms with Crippen LogP contribution >= 0.6 is 22.9 Å². The van der Waals surface area contributed by atoms with Gasteiger partial charge in [0.2, 0.25) is 0 Å². The molecule has 1 N–H and O–H groups in total. The lowest BCUT2D eigenvalue weighted by atomic mass is 10.3. The predicted molar refractivity (Wildman–Crippen MR) is 52.3 cm³/mol. The minimum absolute atomic E-state index is 0.485. The molecule has 0 aliphatic carbocycles. The summed E-state index contributed by atoms with van der Waals surface area (Å²) in [5, 5.41) is 0. The second-order valence-corrected chi connectivity index (χ2v) is 4.10. The lowest BCUT2D eigenvalue weighted by Crippen LogP contribution is -1.82. The number of carbonyl (C=O) groups excluding carboxylic acids is 1. The van der Waals surface area contributed by atoms with Crippen molar-refractivity contribution in [3.05, 3.63) is 28.5 Å². The largest absolute Gasteiger partial charge is 0.342 e. The molecule has 2 aromatic rings. The zero-order valence-corrected chi connectivity index (χ0v) is 8.02. The Morgan fingerprint density at radius 2 is 2.38 bits per heavy atom. The Hall–Kier alpha value is -1.13. The van der Waals surface area contributed by atoms with E-state index in [4.69, 9.17) is 11.6 Å². The van der Waals surface area contributed by atoms with Crippen molar-refractivity contribution >= 4 is 29.2 Å². The van der Waals surface area contributed by atoms with Crippen molar-refractivity contribution in [2.45, 2.75) is 0 Å². The molecule has 0 aromatic carbocycles. The third kappa shape index (κ3) is 1.50. The Bertz CT molecular complexity index is 435. The fraction of sp³-hybridized carbons (Fsp3) is 0. The first kappa shape index (κ1) is 8.47. The van der Waals surface area contributed by atoms with Gasteiger partial charge in [-0.2, -0.15) is 0 Å². The summed E-state index contributed by atoms with van der Waals surface area (Å²) >= 11 is 7.16. The zero-order chi connectivity index (χ0) is 9.26. The number of imidazole rings is 1. The Morgan fingerprint density at radius 1 is 1.54 bits per heavy atom. The number of H-pyrrole nitrogens is 1. The fourth-order valence-corrected chi connectivity index (χ4v) is 2.09. The first-order valence-corrected chi connectivity index (χ1v) is 4.75. The van der Waals surface area contributed by atoms with Crippen LogP contribution in [0.3, 0.4) is 0 Å². The van der Waals surface area contributed by atoms with E-state index in [9.17, 15) is 4.79 Å². The van der Waals surface area contributed by atoms with Gasteiger partial charge in [-0.1, -0.05) is 11.6 Å². The molecule has 5 heteroatoms. The second kappa shape index (κ2) is 3.32. The lowest BCUT2D eigenvalue weighted by Gasteiger charge is -1.89. The van der Waals surface area contributed by atoms with Crippen LogP contribution in [0, 0.1) is 0 Å². The first-order valence-electron chi connectivity index (χ1n) is 3.55. The molecule has 0 unspecified atom stereocenters. The summed E-state index contributed by atoms with van der Waals surface area (Å²) in [7, 11) is 0. The van der Waals surface area contributed by atoms with E-state index >= 15 is 0 Å². The van der Waals surface area contributed by atoms with Crippen molar-refractivity contribution in [1.82, 2.24) is 9.97 Å². The SMILES string of the molecule is O=Cc1[nH]cnc1-c1ccc(Cl)s1. The first-order chi connectivity index (χ1) is 6.31. The molecule has 66 valence electrons. The standard InChI is InChI=1S/C8H5ClN2OS/c9-7-2-1-6(13-7)8-5(3-12)10-4-11-8/h1-4H,(H,10,11). The van der Waals surface area contributed by atoms with Crippen LogP contribution in [0.2, 0.25) is 4.34 Å². The third-order valence-electron chi connectivity index (χ3n) is 1.59. The fourth-order valence-electron chi connectivity index (χ4n) is 1.03. The number of hydrogen-bond donors (Lipinski definition) is 1. The normalized spacial score (nSPS) is 10.2. The van der Waals surface area contributed by atoms with Crippen LogP contribution in [0.4, 0.5) is 0 Å². The van der Waals surface area contributed by atoms with E-state index in [-0.39, 0.29) is 0 Å². The summed E-state index contributed by atoms with van der Waals surface area (Å²) in [6, 6.07) is 3.63. The molecule has 0 bridgehead atoms. The number of aromatic nitrogens is 2. The molecule has 0 fully saturated rings. The van der Waals surface area contributed by atoms with Gasteiger partial charge in [-0.3, -0.25) is 4.79 Å². The molecule has 0 aliphatic heterocycles. The van der Waals surface area contributed by atoms with Gasteiger partial charge < -0.3 is 4.98 Å². The quantitative estimate of drug-likeness (QED) is 0.778. The Balaban J connectivity index is 2.51. The van der Waals surface area contributed by atoms with Gasteiger partial charge in [-0.05, 0) is 12.1 Å². The maximum Gasteiger partial charge on any atom is 0.168 e. The number of hydrogen-bond acceptors (Lipinski definition) is 3. The molecule has 2 rings (SSSR count). The minimum atomic E-state index is 0.485. The molecule has 13 heavy (non-hydrogen) atoms. The van der Waals surface area contributed by atoms with Crippen molar-refractivity contribution in [2.24, 2.45) is 0 Å². The van der Waals surface area contributed by atoms with Crippen LogP contribution in [0.25, 0.3) is 10.6 Å². The Kier molecular flexibility index (Phi) is 2.16. The van der Waals surface area contributed by atoms with Gasteiger partial charge in [-0.25, -0.2) is 4.98 Å². The van der Waals surface area contributed by atoms with Gasteiger partial charge >= 0.3 is 0 Å². The van der Waals surface area contributed by atoms with E-state index in [1.807, 2.05) is 6.07 Å². The smallest absolute Gasteiger partial charge is 0.168 e. The number of thiophene rings is 1. The number of rotatable bonds is 2. The van der Waals surface area contributed by atoms with Gasteiger partial charge in [0.05, 0.1) is 15.5 Å². The summed E-state index contributed by atoms with van der Waals surface area (Å²) in [4.78, 5) is 18.2. The van der Waals surface area contributed by atoms with Crippen LogP contribution in [0.15, 0.2) is 18.5 Å². The van der Waals surface area contributed by atoms with Crippen LogP contribution in [0.5, 0.6) is 0 Å². The predicted octanol–water partition coefficient (Wildman–Crippen LogP) is 2.60. The van der Waals surface area contributed by atoms with E-state index in [0.29, 0.717) is 15.7 Å². The highest BCUT2D eigenvalue weighted by Crippen LogP contribution is 2.30. The lowest BCUT2D eigenvalue weighted by molar-refractivity contribution is 0.112. The maximum absolute atomic E-state index is 10.6. The van der Waals surface area contributed by atoms with Crippen molar-refractivity contribution in [3.8, 4) is 10.6 Å². The highest BCUT2D eigenvalue weighted by Gasteiger charge is 2.08. The van der Waals surface area contributed by atoms with E-state index in [2.05, 4.69) is 9.97 Å². The Labute approximate surface area is 83.4 Å². The van der Waals surface area contributed by atoms with Gasteiger partial charge in [0.1, 0.15) is 11.4 Å². The molecular weight excluding hydrogens is 208 g/mol. The molecule has 0 atom stereocenters. The van der Waals surface area contributed by atoms with Crippen LogP contribution < -0.4 is 0 Å². The van der Waals surface area contributed by atoms with E-state index in [0.717, 1.165) is 11.2 Å². The number of aromatic amines is 1. The van der Waals surface area contributed by atoms with Gasteiger partial charge in [0.15, 0.2) is 6.29 Å². The summed E-state index contributed by atoms with van der Waals surface area (Å²) in [5.74, 6) is 0. The highest BCUT2D eigenvalue weighted by atomic mass is 35.5. The zero-order valence-electron chi connectivity index (χ0n) is 6.45. The van der Waals surface area contributed by atoms with Crippen molar-refractivity contribution < 1.29 is 4.79 Å². The van der Waals surface area contributed by atoms with Crippen molar-refractivity contribution in [3.63, 3.8) is 0 Å². The van der Waals surface area contributed by atoms with E-state index in [1.165, 1.54) is 17.7 Å². The van der Waals surface area contributed by atoms with Crippen molar-refractivity contribution in [2.75, 3.05) is 0 Å². The van der Waals surface area contributed by atoms with Gasteiger partial charge in [0, 0.05) is 0 Å². The molecule has 0 amide bonds. The maximum atomic E-state index is 10.6. The highest BCUT2D eigenvalue weighted by molar-refractivity contribution is 7.19. The number of aldehydes is 1. The number of halogens is 1. The molecule has 0 radical (unpaired) electrons. The average Bonchev–Trinajstić information content (AvgIpc) is 2.71. The topological polar surface area (TPSA) is 45.8 Å². The van der Waals surface area contributed by atoms with Crippen LogP contribution in [-0.2, 0) is 0 Å². The van der Waals surface area contributed by atoms with Gasteiger partial charge in [-0.15, -0.1) is 11.3 Å². The second-order valence-electron chi connectivity index (χ2n) is 2.39. The van der Waals surface area contributed by atoms with Gasteiger partial charge in [0.25, 0.3) is 0 Å². The van der Waals surface area contributed by atoms with E-state index in [1.54, 1.807) is 6.07 Å². The monoisotopic (exact) mass is 212 g/mol. The van der Waals surface area contributed by atoms with Crippen LogP contribution in [-0.4, -0.2) is 16.3 Å². The summed E-state index contributed by atoms with van der Waals surface area (Å²) in [6.45, 7) is 0. The minimum Gasteiger partial charge on any atom is -0.342 e. The average molecular weight is 213 g/mol. The third-order valence-corrected chi connectivity index (χ3v) is 2.83. The van der Waals surface area contributed by atoms with E-state index < -0.39 is 0 Å². The number of nitrogens with one attached hydrogen (secondary N) is 1. The molecule has 0 saturated carbocycles. The number of nitrogens with zero attached hydrogens (tertiary/aromatic N) is 1. The molecule has 3 nitrogen and oxygen atoms in total. The van der Waals surface area contributed by atoms with Crippen LogP contribution in [0.1, 0.15) is 10.5 Å². The molecule has 0 saturated heterocycles. The molecule has 0 aliphatic rings.